The van der Waals surface area contributed by atoms with Crippen LogP contribution in [0.3, 0.4) is 0 Å². The third kappa shape index (κ3) is 3.48. The molecule has 100 valence electrons. The average molecular weight is 261 g/mol. The lowest BCUT2D eigenvalue weighted by Gasteiger charge is -2.05. The van der Waals surface area contributed by atoms with Crippen LogP contribution in [0.15, 0.2) is 36.5 Å². The van der Waals surface area contributed by atoms with Crippen molar-refractivity contribution in [1.29, 1.82) is 0 Å². The highest BCUT2D eigenvalue weighted by molar-refractivity contribution is 5.91. The minimum Gasteiger partial charge on any atom is -0.494 e. The van der Waals surface area contributed by atoms with E-state index in [1.807, 2.05) is 30.3 Å². The maximum atomic E-state index is 10.8. The van der Waals surface area contributed by atoms with E-state index in [0.29, 0.717) is 13.2 Å². The van der Waals surface area contributed by atoms with E-state index in [1.165, 1.54) is 10.9 Å². The van der Waals surface area contributed by atoms with Gasteiger partial charge in [0.2, 0.25) is 0 Å². The summed E-state index contributed by atoms with van der Waals surface area (Å²) in [6.45, 7) is 1.09. The number of carboxylic acids is 1. The number of nitrogen functional groups attached to an aromatic ring is 1. The maximum Gasteiger partial charge on any atom is 0.358 e. The van der Waals surface area contributed by atoms with Gasteiger partial charge < -0.3 is 15.6 Å². The number of benzene rings is 1. The molecule has 1 aromatic carbocycles. The number of para-hydroxylation sites is 1. The molecule has 2 rings (SSSR count). The highest BCUT2D eigenvalue weighted by Crippen LogP contribution is 2.10. The van der Waals surface area contributed by atoms with Crippen LogP contribution in [0.1, 0.15) is 16.9 Å². The normalized spacial score (nSPS) is 10.3. The van der Waals surface area contributed by atoms with E-state index >= 15 is 0 Å². The van der Waals surface area contributed by atoms with Crippen LogP contribution in [0.5, 0.6) is 5.75 Å². The van der Waals surface area contributed by atoms with Gasteiger partial charge in [0, 0.05) is 19.2 Å². The van der Waals surface area contributed by atoms with E-state index in [9.17, 15) is 4.79 Å². The number of carbonyl (C=O) groups is 1. The molecule has 0 bridgehead atoms. The molecule has 0 aliphatic rings. The molecule has 0 spiro atoms. The van der Waals surface area contributed by atoms with Crippen molar-refractivity contribution in [1.82, 2.24) is 9.78 Å². The highest BCUT2D eigenvalue weighted by Gasteiger charge is 2.12. The van der Waals surface area contributed by atoms with Gasteiger partial charge in [0.1, 0.15) is 5.75 Å². The smallest absolute Gasteiger partial charge is 0.358 e. The predicted octanol–water partition coefficient (Wildman–Crippen LogP) is 1.63. The van der Waals surface area contributed by atoms with Crippen molar-refractivity contribution in [3.8, 4) is 5.75 Å². The Bertz CT molecular complexity index is 552. The monoisotopic (exact) mass is 261 g/mol. The summed E-state index contributed by atoms with van der Waals surface area (Å²) in [4.78, 5) is 10.8. The zero-order chi connectivity index (χ0) is 13.7. The summed E-state index contributed by atoms with van der Waals surface area (Å²) in [5, 5.41) is 12.7. The van der Waals surface area contributed by atoms with Crippen LogP contribution >= 0.6 is 0 Å². The summed E-state index contributed by atoms with van der Waals surface area (Å²) >= 11 is 0. The van der Waals surface area contributed by atoms with Gasteiger partial charge in [-0.2, -0.15) is 5.10 Å². The molecule has 0 saturated heterocycles. The number of aryl methyl sites for hydroxylation is 1. The molecule has 0 fully saturated rings. The van der Waals surface area contributed by atoms with Gasteiger partial charge >= 0.3 is 5.97 Å². The lowest BCUT2D eigenvalue weighted by molar-refractivity contribution is 0.0690. The van der Waals surface area contributed by atoms with E-state index in [1.54, 1.807) is 0 Å². The number of rotatable bonds is 6. The molecule has 3 N–H and O–H groups in total. The summed E-state index contributed by atoms with van der Waals surface area (Å²) < 4.78 is 7.04. The summed E-state index contributed by atoms with van der Waals surface area (Å²) in [6.07, 6.45) is 2.24. The second-order valence-electron chi connectivity index (χ2n) is 4.02. The van der Waals surface area contributed by atoms with E-state index < -0.39 is 5.97 Å². The van der Waals surface area contributed by atoms with Gasteiger partial charge in [-0.05, 0) is 12.1 Å². The minimum absolute atomic E-state index is 0.107. The van der Waals surface area contributed by atoms with Crippen molar-refractivity contribution in [2.24, 2.45) is 0 Å². The van der Waals surface area contributed by atoms with Crippen LogP contribution in [-0.2, 0) is 6.54 Å². The van der Waals surface area contributed by atoms with E-state index in [4.69, 9.17) is 15.6 Å². The number of hydrogen-bond acceptors (Lipinski definition) is 4. The quantitative estimate of drug-likeness (QED) is 0.771. The zero-order valence-corrected chi connectivity index (χ0v) is 10.3. The molecule has 2 aromatic rings. The lowest BCUT2D eigenvalue weighted by Crippen LogP contribution is -2.06. The number of ether oxygens (including phenoxy) is 1. The molecule has 0 unspecified atom stereocenters. The predicted molar refractivity (Wildman–Crippen MR) is 70.2 cm³/mol. The van der Waals surface area contributed by atoms with Gasteiger partial charge in [-0.1, -0.05) is 18.2 Å². The van der Waals surface area contributed by atoms with Crippen molar-refractivity contribution in [3.63, 3.8) is 0 Å². The SMILES string of the molecule is Nc1cn(CCCOc2ccccc2)nc1C(=O)O. The third-order valence-electron chi connectivity index (χ3n) is 2.54. The molecule has 0 radical (unpaired) electrons. The van der Waals surface area contributed by atoms with Gasteiger partial charge in [-0.15, -0.1) is 0 Å². The number of anilines is 1. The lowest BCUT2D eigenvalue weighted by atomic mass is 10.3. The Labute approximate surface area is 110 Å². The molecule has 6 heteroatoms. The molecular formula is C13H15N3O3. The first-order valence-corrected chi connectivity index (χ1v) is 5.91. The van der Waals surface area contributed by atoms with Gasteiger partial charge in [0.05, 0.1) is 12.3 Å². The summed E-state index contributed by atoms with van der Waals surface area (Å²) in [6, 6.07) is 9.50. The third-order valence-corrected chi connectivity index (χ3v) is 2.54. The first-order valence-electron chi connectivity index (χ1n) is 5.91. The van der Waals surface area contributed by atoms with E-state index in [0.717, 1.165) is 12.2 Å². The second kappa shape index (κ2) is 5.90. The molecule has 6 nitrogen and oxygen atoms in total. The number of nitrogens with zero attached hydrogens (tertiary/aromatic N) is 2. The fourth-order valence-electron chi connectivity index (χ4n) is 1.65. The Morgan fingerprint density at radius 1 is 1.37 bits per heavy atom. The Hall–Kier alpha value is -2.50. The second-order valence-corrected chi connectivity index (χ2v) is 4.02. The topological polar surface area (TPSA) is 90.4 Å². The van der Waals surface area contributed by atoms with Gasteiger partial charge in [-0.25, -0.2) is 4.79 Å². The zero-order valence-electron chi connectivity index (χ0n) is 10.3. The van der Waals surface area contributed by atoms with Crippen LogP contribution in [0.25, 0.3) is 0 Å². The minimum atomic E-state index is -1.11. The number of carboxylic acid groups (broad SMARTS) is 1. The van der Waals surface area contributed by atoms with Crippen molar-refractivity contribution >= 4 is 11.7 Å². The Balaban J connectivity index is 1.80. The first-order chi connectivity index (χ1) is 9.16. The number of aromatic nitrogens is 2. The van der Waals surface area contributed by atoms with E-state index in [2.05, 4.69) is 5.10 Å². The highest BCUT2D eigenvalue weighted by atomic mass is 16.5. The largest absolute Gasteiger partial charge is 0.494 e. The van der Waals surface area contributed by atoms with Crippen molar-refractivity contribution in [3.05, 3.63) is 42.2 Å². The van der Waals surface area contributed by atoms with Crippen LogP contribution in [-0.4, -0.2) is 27.5 Å². The molecule has 0 aliphatic carbocycles. The van der Waals surface area contributed by atoms with Crippen LogP contribution < -0.4 is 10.5 Å². The Kier molecular flexibility index (Phi) is 4.02. The first kappa shape index (κ1) is 12.9. The van der Waals surface area contributed by atoms with Gasteiger partial charge in [0.25, 0.3) is 0 Å². The van der Waals surface area contributed by atoms with Crippen LogP contribution in [0, 0.1) is 0 Å². The van der Waals surface area contributed by atoms with Crippen molar-refractivity contribution in [2.45, 2.75) is 13.0 Å². The number of hydrogen-bond donors (Lipinski definition) is 2. The number of nitrogens with two attached hydrogens (primary N) is 1. The molecule has 1 aromatic heterocycles. The van der Waals surface area contributed by atoms with E-state index in [-0.39, 0.29) is 11.4 Å². The summed E-state index contributed by atoms with van der Waals surface area (Å²) in [5.74, 6) is -0.300. The Morgan fingerprint density at radius 2 is 2.11 bits per heavy atom. The van der Waals surface area contributed by atoms with Gasteiger partial charge in [0.15, 0.2) is 5.69 Å². The number of aromatic carboxylic acids is 1. The Morgan fingerprint density at radius 3 is 2.74 bits per heavy atom. The molecule has 1 heterocycles. The standard InChI is InChI=1S/C13H15N3O3/c14-11-9-16(15-12(11)13(17)18)7-4-8-19-10-5-2-1-3-6-10/h1-3,5-6,9H,4,7-8,14H2,(H,17,18). The van der Waals surface area contributed by atoms with Crippen molar-refractivity contribution < 1.29 is 14.6 Å². The maximum absolute atomic E-state index is 10.8. The molecule has 0 atom stereocenters. The molecule has 0 amide bonds. The molecule has 19 heavy (non-hydrogen) atoms. The fraction of sp³-hybridized carbons (Fsp3) is 0.231. The molecule has 0 aliphatic heterocycles. The van der Waals surface area contributed by atoms with Crippen LogP contribution in [0.2, 0.25) is 0 Å². The molecule has 0 saturated carbocycles. The summed E-state index contributed by atoms with van der Waals surface area (Å²) in [5.41, 5.74) is 5.61. The van der Waals surface area contributed by atoms with Gasteiger partial charge in [-0.3, -0.25) is 4.68 Å². The van der Waals surface area contributed by atoms with Crippen molar-refractivity contribution in [2.75, 3.05) is 12.3 Å². The fourth-order valence-corrected chi connectivity index (χ4v) is 1.65. The average Bonchev–Trinajstić information content (AvgIpc) is 2.77. The summed E-state index contributed by atoms with van der Waals surface area (Å²) in [7, 11) is 0. The molecular weight excluding hydrogens is 246 g/mol. The van der Waals surface area contributed by atoms with Crippen LogP contribution in [0.4, 0.5) is 5.69 Å².